The Labute approximate surface area is 198 Å². The molecule has 1 aliphatic heterocycles. The second kappa shape index (κ2) is 9.16. The Balaban J connectivity index is 1.32. The number of aromatic nitrogens is 2. The van der Waals surface area contributed by atoms with Crippen molar-refractivity contribution in [2.75, 3.05) is 36.4 Å². The quantitative estimate of drug-likeness (QED) is 0.444. The fraction of sp³-hybridized carbons (Fsp3) is 0.231. The van der Waals surface area contributed by atoms with Crippen molar-refractivity contribution in [3.05, 3.63) is 88.9 Å². The highest BCUT2D eigenvalue weighted by Gasteiger charge is 2.25. The summed E-state index contributed by atoms with van der Waals surface area (Å²) in [7, 11) is 0. The maximum absolute atomic E-state index is 12.9. The summed E-state index contributed by atoms with van der Waals surface area (Å²) in [6, 6.07) is 24.1. The van der Waals surface area contributed by atoms with Crippen molar-refractivity contribution < 1.29 is 4.79 Å². The number of rotatable bonds is 4. The number of para-hydroxylation sites is 2. The third-order valence-electron chi connectivity index (χ3n) is 6.11. The summed E-state index contributed by atoms with van der Waals surface area (Å²) < 4.78 is 2.27. The van der Waals surface area contributed by atoms with Gasteiger partial charge in [-0.1, -0.05) is 60.1 Å². The van der Waals surface area contributed by atoms with Gasteiger partial charge >= 0.3 is 6.03 Å². The van der Waals surface area contributed by atoms with E-state index in [0.717, 1.165) is 47.9 Å². The summed E-state index contributed by atoms with van der Waals surface area (Å²) in [4.78, 5) is 21.9. The van der Waals surface area contributed by atoms with Crippen molar-refractivity contribution in [3.63, 3.8) is 0 Å². The maximum atomic E-state index is 12.9. The molecule has 5 rings (SSSR count). The smallest absolute Gasteiger partial charge is 0.321 e. The van der Waals surface area contributed by atoms with Crippen LogP contribution in [0.25, 0.3) is 11.0 Å². The average Bonchev–Trinajstić information content (AvgIpc) is 3.20. The molecule has 3 aromatic carbocycles. The number of amides is 2. The van der Waals surface area contributed by atoms with Crippen LogP contribution in [0.2, 0.25) is 5.02 Å². The standard InChI is InChI=1S/C26H26ClN5O/c1-19-11-12-21(27)17-23(19)29-26(33)31-15-13-30(14-16-31)25-28-22-9-5-6-10-24(22)32(25)18-20-7-3-2-4-8-20/h2-12,17H,13-16,18H2,1H3,(H,29,33). The van der Waals surface area contributed by atoms with E-state index in [-0.39, 0.29) is 6.03 Å². The molecule has 6 nitrogen and oxygen atoms in total. The number of nitrogens with zero attached hydrogens (tertiary/aromatic N) is 4. The van der Waals surface area contributed by atoms with Gasteiger partial charge in [0.2, 0.25) is 5.95 Å². The van der Waals surface area contributed by atoms with Gasteiger partial charge in [0.15, 0.2) is 0 Å². The minimum Gasteiger partial charge on any atom is -0.339 e. The van der Waals surface area contributed by atoms with Crippen LogP contribution in [0.15, 0.2) is 72.8 Å². The SMILES string of the molecule is Cc1ccc(Cl)cc1NC(=O)N1CCN(c2nc3ccccc3n2Cc2ccccc2)CC1. The van der Waals surface area contributed by atoms with Gasteiger partial charge in [0.05, 0.1) is 17.6 Å². The molecule has 1 aliphatic rings. The first-order chi connectivity index (χ1) is 16.1. The van der Waals surface area contributed by atoms with Crippen molar-refractivity contribution in [2.24, 2.45) is 0 Å². The number of carbonyl (C=O) groups excluding carboxylic acids is 1. The van der Waals surface area contributed by atoms with Gasteiger partial charge in [-0.25, -0.2) is 9.78 Å². The number of imidazole rings is 1. The Morgan fingerprint density at radius 1 is 0.970 bits per heavy atom. The highest BCUT2D eigenvalue weighted by atomic mass is 35.5. The van der Waals surface area contributed by atoms with Gasteiger partial charge in [-0.05, 0) is 42.3 Å². The van der Waals surface area contributed by atoms with Crippen molar-refractivity contribution in [3.8, 4) is 0 Å². The lowest BCUT2D eigenvalue weighted by atomic mass is 10.2. The molecule has 1 saturated heterocycles. The van der Waals surface area contributed by atoms with E-state index in [0.29, 0.717) is 18.1 Å². The van der Waals surface area contributed by atoms with Crippen LogP contribution in [0.1, 0.15) is 11.1 Å². The van der Waals surface area contributed by atoms with Crippen LogP contribution >= 0.6 is 11.6 Å². The number of benzene rings is 3. The first-order valence-electron chi connectivity index (χ1n) is 11.1. The zero-order valence-corrected chi connectivity index (χ0v) is 19.3. The number of urea groups is 1. The molecular weight excluding hydrogens is 434 g/mol. The molecule has 168 valence electrons. The van der Waals surface area contributed by atoms with Crippen LogP contribution in [0, 0.1) is 6.92 Å². The molecule has 0 atom stereocenters. The minimum absolute atomic E-state index is 0.0993. The molecule has 0 aliphatic carbocycles. The number of halogens is 1. The van der Waals surface area contributed by atoms with Gasteiger partial charge in [-0.2, -0.15) is 0 Å². The molecule has 0 bridgehead atoms. The molecule has 0 radical (unpaired) electrons. The lowest BCUT2D eigenvalue weighted by Gasteiger charge is -2.35. The first-order valence-corrected chi connectivity index (χ1v) is 11.5. The number of fused-ring (bicyclic) bond motifs is 1. The molecular formula is C26H26ClN5O. The second-order valence-electron chi connectivity index (χ2n) is 8.34. The van der Waals surface area contributed by atoms with E-state index < -0.39 is 0 Å². The van der Waals surface area contributed by atoms with Crippen molar-refractivity contribution in [1.29, 1.82) is 0 Å². The van der Waals surface area contributed by atoms with Crippen LogP contribution in [0.3, 0.4) is 0 Å². The number of aryl methyl sites for hydroxylation is 1. The lowest BCUT2D eigenvalue weighted by molar-refractivity contribution is 0.208. The predicted molar refractivity (Wildman–Crippen MR) is 134 cm³/mol. The summed E-state index contributed by atoms with van der Waals surface area (Å²) >= 11 is 6.10. The van der Waals surface area contributed by atoms with Crippen LogP contribution in [0.4, 0.5) is 16.4 Å². The Hall–Kier alpha value is -3.51. The van der Waals surface area contributed by atoms with E-state index in [2.05, 4.69) is 57.2 Å². The molecule has 2 heterocycles. The van der Waals surface area contributed by atoms with Gasteiger partial charge in [0.1, 0.15) is 0 Å². The second-order valence-corrected chi connectivity index (χ2v) is 8.77. The average molecular weight is 460 g/mol. The van der Waals surface area contributed by atoms with Crippen molar-refractivity contribution in [2.45, 2.75) is 13.5 Å². The summed E-state index contributed by atoms with van der Waals surface area (Å²) in [5.74, 6) is 0.950. The van der Waals surface area contributed by atoms with Crippen molar-refractivity contribution in [1.82, 2.24) is 14.5 Å². The summed E-state index contributed by atoms with van der Waals surface area (Å²) in [5.41, 5.74) is 5.07. The number of carbonyl (C=O) groups is 1. The molecule has 0 saturated carbocycles. The first kappa shape index (κ1) is 21.3. The van der Waals surface area contributed by atoms with E-state index >= 15 is 0 Å². The van der Waals surface area contributed by atoms with Crippen LogP contribution in [-0.2, 0) is 6.54 Å². The van der Waals surface area contributed by atoms with Crippen LogP contribution in [0.5, 0.6) is 0 Å². The summed E-state index contributed by atoms with van der Waals surface area (Å²) in [6.45, 7) is 5.41. The van der Waals surface area contributed by atoms with Crippen molar-refractivity contribution >= 4 is 40.3 Å². The normalized spacial score (nSPS) is 14.0. The van der Waals surface area contributed by atoms with Crippen LogP contribution in [-0.4, -0.2) is 46.7 Å². The highest BCUT2D eigenvalue weighted by molar-refractivity contribution is 6.31. The van der Waals surface area contributed by atoms with Gasteiger partial charge in [0, 0.05) is 36.9 Å². The number of piperazine rings is 1. The molecule has 4 aromatic rings. The number of anilines is 2. The zero-order chi connectivity index (χ0) is 22.8. The van der Waals surface area contributed by atoms with Gasteiger partial charge in [-0.15, -0.1) is 0 Å². The van der Waals surface area contributed by atoms with Gasteiger partial charge in [0.25, 0.3) is 0 Å². The third kappa shape index (κ3) is 4.52. The number of hydrogen-bond acceptors (Lipinski definition) is 3. The van der Waals surface area contributed by atoms with E-state index in [9.17, 15) is 4.79 Å². The minimum atomic E-state index is -0.0993. The predicted octanol–water partition coefficient (Wildman–Crippen LogP) is 5.40. The number of hydrogen-bond donors (Lipinski definition) is 1. The zero-order valence-electron chi connectivity index (χ0n) is 18.5. The van der Waals surface area contributed by atoms with E-state index in [1.165, 1.54) is 5.56 Å². The Morgan fingerprint density at radius 3 is 2.48 bits per heavy atom. The fourth-order valence-electron chi connectivity index (χ4n) is 4.26. The molecule has 0 spiro atoms. The largest absolute Gasteiger partial charge is 0.339 e. The summed E-state index contributed by atoms with van der Waals surface area (Å²) in [6.07, 6.45) is 0. The van der Waals surface area contributed by atoms with Gasteiger partial charge in [-0.3, -0.25) is 0 Å². The lowest BCUT2D eigenvalue weighted by Crippen LogP contribution is -2.50. The van der Waals surface area contributed by atoms with Gasteiger partial charge < -0.3 is 19.7 Å². The Morgan fingerprint density at radius 2 is 1.70 bits per heavy atom. The molecule has 33 heavy (non-hydrogen) atoms. The van der Waals surface area contributed by atoms with Crippen LogP contribution < -0.4 is 10.2 Å². The Kier molecular flexibility index (Phi) is 5.92. The molecule has 1 aromatic heterocycles. The monoisotopic (exact) mass is 459 g/mol. The maximum Gasteiger partial charge on any atom is 0.321 e. The Bertz CT molecular complexity index is 1280. The fourth-order valence-corrected chi connectivity index (χ4v) is 4.43. The summed E-state index contributed by atoms with van der Waals surface area (Å²) in [5, 5.41) is 3.61. The molecule has 1 fully saturated rings. The van der Waals surface area contributed by atoms with E-state index in [1.807, 2.05) is 36.1 Å². The molecule has 2 amide bonds. The molecule has 0 unspecified atom stereocenters. The number of nitrogens with one attached hydrogen (secondary N) is 1. The van der Waals surface area contributed by atoms with E-state index in [1.54, 1.807) is 6.07 Å². The topological polar surface area (TPSA) is 53.4 Å². The molecule has 7 heteroatoms. The van der Waals surface area contributed by atoms with E-state index in [4.69, 9.17) is 16.6 Å². The highest BCUT2D eigenvalue weighted by Crippen LogP contribution is 2.26. The molecule has 1 N–H and O–H groups in total. The third-order valence-corrected chi connectivity index (χ3v) is 6.34.